The van der Waals surface area contributed by atoms with Gasteiger partial charge in [0.15, 0.2) is 0 Å². The van der Waals surface area contributed by atoms with Gasteiger partial charge in [0, 0.05) is 41.4 Å². The van der Waals surface area contributed by atoms with Gasteiger partial charge in [-0.25, -0.2) is 24.5 Å². The number of nitrogens with zero attached hydrogens (tertiary/aromatic N) is 4. The fourth-order valence-corrected chi connectivity index (χ4v) is 8.84. The molecule has 11 nitrogen and oxygen atoms in total. The van der Waals surface area contributed by atoms with Crippen molar-refractivity contribution in [2.75, 3.05) is 54.5 Å². The molecule has 2 amide bonds. The Morgan fingerprint density at radius 1 is 1.02 bits per heavy atom. The summed E-state index contributed by atoms with van der Waals surface area (Å²) in [6.07, 6.45) is 12.0. The molecular weight excluding hydrogens is 725 g/mol. The molecule has 56 heavy (non-hydrogen) atoms. The Bertz CT molecular complexity index is 2050. The number of nitrogens with one attached hydrogen (secondary N) is 2. The van der Waals surface area contributed by atoms with Gasteiger partial charge in [-0.3, -0.25) is 4.79 Å². The van der Waals surface area contributed by atoms with Crippen LogP contribution in [0.5, 0.6) is 0 Å². The van der Waals surface area contributed by atoms with Gasteiger partial charge in [-0.2, -0.15) is 5.10 Å². The minimum absolute atomic E-state index is 0.263. The Kier molecular flexibility index (Phi) is 11.5. The lowest BCUT2D eigenvalue weighted by molar-refractivity contribution is -0.118. The quantitative estimate of drug-likeness (QED) is 0.140. The van der Waals surface area contributed by atoms with E-state index in [1.165, 1.54) is 5.56 Å². The van der Waals surface area contributed by atoms with Crippen molar-refractivity contribution in [1.82, 2.24) is 20.1 Å². The van der Waals surface area contributed by atoms with Crippen LogP contribution in [0.25, 0.3) is 22.3 Å². The van der Waals surface area contributed by atoms with Crippen LogP contribution in [-0.2, 0) is 32.2 Å². The normalized spacial score (nSPS) is 20.1. The second-order valence-corrected chi connectivity index (χ2v) is 22.0. The number of carbonyl (C=O) groups excluding carboxylic acids is 2. The summed E-state index contributed by atoms with van der Waals surface area (Å²) in [7, 11) is -0.621. The van der Waals surface area contributed by atoms with Gasteiger partial charge in [-0.05, 0) is 131 Å². The molecule has 4 aromatic rings. The number of amides is 2. The molecule has 4 atom stereocenters. The topological polar surface area (TPSA) is 120 Å². The molecule has 2 aliphatic heterocycles. The largest absolute Gasteiger partial charge is 0.444 e. The first-order valence-corrected chi connectivity index (χ1v) is 22.8. The molecule has 300 valence electrons. The highest BCUT2D eigenvalue weighted by molar-refractivity contribution is 8.32. The standard InChI is InChI=1S/C44H58N6O5S/c1-28-40(29(2)50(48-28)27-53-20-21-56(6,7)8)31-14-16-34(17-15-31)46-42(51)41(47-43(52)55-44(3,4)5)37-11-9-10-30-12-13-32(22-38(30)37)33-18-19-45-39(23-33)49-25-36-24-35(49)26-54-36/h12-19,22-23,35-37,41H,9-11,20-21,24-27H2,1-8H3,(H,46,51)(H,47,52)/t35-,36-,37-,41+/m1/s1. The molecule has 2 aromatic heterocycles. The second kappa shape index (κ2) is 16.2. The van der Waals surface area contributed by atoms with Crippen LogP contribution in [0.4, 0.5) is 16.3 Å². The van der Waals surface area contributed by atoms with Crippen molar-refractivity contribution in [3.8, 4) is 22.3 Å². The fourth-order valence-electron chi connectivity index (χ4n) is 8.22. The van der Waals surface area contributed by atoms with Gasteiger partial charge in [0.1, 0.15) is 24.2 Å². The maximum absolute atomic E-state index is 14.4. The van der Waals surface area contributed by atoms with Crippen LogP contribution in [0.15, 0.2) is 60.8 Å². The monoisotopic (exact) mass is 782 g/mol. The highest BCUT2D eigenvalue weighted by Crippen LogP contribution is 2.39. The van der Waals surface area contributed by atoms with Crippen LogP contribution in [0.2, 0.25) is 0 Å². The zero-order valence-corrected chi connectivity index (χ0v) is 35.0. The summed E-state index contributed by atoms with van der Waals surface area (Å²) < 4.78 is 19.4. The minimum atomic E-state index is -0.866. The Morgan fingerprint density at radius 2 is 1.77 bits per heavy atom. The number of carbonyl (C=O) groups is 2. The second-order valence-electron chi connectivity index (χ2n) is 17.4. The number of anilines is 2. The minimum Gasteiger partial charge on any atom is -0.444 e. The lowest BCUT2D eigenvalue weighted by atomic mass is 9.77. The average Bonchev–Trinajstić information content (AvgIpc) is 3.86. The van der Waals surface area contributed by atoms with Crippen molar-refractivity contribution >= 4 is 33.5 Å². The summed E-state index contributed by atoms with van der Waals surface area (Å²) in [6.45, 7) is 12.3. The van der Waals surface area contributed by atoms with Crippen molar-refractivity contribution in [3.05, 3.63) is 83.3 Å². The number of rotatable bonds is 12. The first-order chi connectivity index (χ1) is 26.6. The number of hydrogen-bond acceptors (Lipinski definition) is 8. The van der Waals surface area contributed by atoms with E-state index in [9.17, 15) is 9.59 Å². The van der Waals surface area contributed by atoms with Crippen molar-refractivity contribution in [2.24, 2.45) is 0 Å². The van der Waals surface area contributed by atoms with Crippen LogP contribution in [-0.4, -0.2) is 94.8 Å². The Labute approximate surface area is 333 Å². The first kappa shape index (κ1) is 39.8. The molecule has 2 N–H and O–H groups in total. The van der Waals surface area contributed by atoms with Gasteiger partial charge in [0.25, 0.3) is 0 Å². The number of pyridine rings is 1. The molecular formula is C44H58N6O5S. The number of hydrogen-bond donors (Lipinski definition) is 2. The molecule has 2 bridgehead atoms. The van der Waals surface area contributed by atoms with Gasteiger partial charge < -0.3 is 29.7 Å². The van der Waals surface area contributed by atoms with E-state index in [0.29, 0.717) is 25.1 Å². The predicted octanol–water partition coefficient (Wildman–Crippen LogP) is 7.83. The summed E-state index contributed by atoms with van der Waals surface area (Å²) in [5, 5.41) is 10.9. The zero-order chi connectivity index (χ0) is 39.8. The fraction of sp³-hybridized carbons (Fsp3) is 0.500. The third-order valence-corrected chi connectivity index (χ3v) is 12.4. The molecule has 0 radical (unpaired) electrons. The van der Waals surface area contributed by atoms with Crippen LogP contribution in [0.3, 0.4) is 0 Å². The summed E-state index contributed by atoms with van der Waals surface area (Å²) in [6, 6.07) is 18.0. The number of morpholine rings is 1. The lowest BCUT2D eigenvalue weighted by Crippen LogP contribution is -2.49. The molecule has 4 heterocycles. The molecule has 2 fully saturated rings. The van der Waals surface area contributed by atoms with Gasteiger partial charge in [0.05, 0.1) is 31.1 Å². The number of ether oxygens (including phenoxy) is 3. The number of aromatic nitrogens is 3. The zero-order valence-electron chi connectivity index (χ0n) is 34.2. The SMILES string of the molecule is Cc1nn(COCCS(C)(C)C)c(C)c1-c1ccc(NC(=O)[C@@H](NC(=O)OC(C)(C)C)[C@@H]2CCCc3ccc(-c4ccnc(N5C[C@H]6C[C@@H]5CO6)c4)cc32)cc1. The van der Waals surface area contributed by atoms with Crippen molar-refractivity contribution in [1.29, 1.82) is 0 Å². The summed E-state index contributed by atoms with van der Waals surface area (Å²) in [4.78, 5) is 34.8. The number of aryl methyl sites for hydroxylation is 2. The van der Waals surface area contributed by atoms with Gasteiger partial charge in [-0.15, -0.1) is 0 Å². The van der Waals surface area contributed by atoms with E-state index in [2.05, 4.69) is 65.5 Å². The van der Waals surface area contributed by atoms with Gasteiger partial charge in [0.2, 0.25) is 5.91 Å². The van der Waals surface area contributed by atoms with Crippen molar-refractivity contribution in [2.45, 2.75) is 96.7 Å². The van der Waals surface area contributed by atoms with Crippen molar-refractivity contribution in [3.63, 3.8) is 0 Å². The van der Waals surface area contributed by atoms with Gasteiger partial charge >= 0.3 is 6.09 Å². The number of alkyl carbamates (subject to hydrolysis) is 1. The van der Waals surface area contributed by atoms with Crippen LogP contribution >= 0.6 is 10.0 Å². The molecule has 0 unspecified atom stereocenters. The van der Waals surface area contributed by atoms with Gasteiger partial charge in [-0.1, -0.05) is 30.3 Å². The summed E-state index contributed by atoms with van der Waals surface area (Å²) in [5.74, 6) is 1.46. The first-order valence-electron chi connectivity index (χ1n) is 19.8. The smallest absolute Gasteiger partial charge is 0.408 e. The van der Waals surface area contributed by atoms with Crippen molar-refractivity contribution < 1.29 is 23.8 Å². The maximum Gasteiger partial charge on any atom is 0.408 e. The number of benzene rings is 2. The summed E-state index contributed by atoms with van der Waals surface area (Å²) >= 11 is 0. The molecule has 12 heteroatoms. The maximum atomic E-state index is 14.4. The predicted molar refractivity (Wildman–Crippen MR) is 226 cm³/mol. The van der Waals surface area contributed by atoms with E-state index in [4.69, 9.17) is 24.3 Å². The third kappa shape index (κ3) is 9.24. The molecule has 3 aliphatic rings. The highest BCUT2D eigenvalue weighted by atomic mass is 32.3. The molecule has 0 spiro atoms. The molecule has 7 rings (SSSR count). The van der Waals surface area contributed by atoms with Crippen LogP contribution in [0.1, 0.15) is 68.5 Å². The van der Waals surface area contributed by atoms with E-state index < -0.39 is 27.8 Å². The molecule has 1 aliphatic carbocycles. The van der Waals surface area contributed by atoms with Crippen LogP contribution < -0.4 is 15.5 Å². The van der Waals surface area contributed by atoms with E-state index in [-0.39, 0.29) is 17.9 Å². The Morgan fingerprint density at radius 3 is 2.46 bits per heavy atom. The third-order valence-electron chi connectivity index (χ3n) is 11.0. The van der Waals surface area contributed by atoms with E-state index in [0.717, 1.165) is 89.6 Å². The summed E-state index contributed by atoms with van der Waals surface area (Å²) in [5.41, 5.74) is 8.30. The molecule has 2 aromatic carbocycles. The molecule has 2 saturated heterocycles. The molecule has 0 saturated carbocycles. The highest BCUT2D eigenvalue weighted by Gasteiger charge is 2.40. The van der Waals surface area contributed by atoms with E-state index in [1.807, 2.05) is 68.9 Å². The van der Waals surface area contributed by atoms with E-state index in [1.54, 1.807) is 0 Å². The Balaban J connectivity index is 1.11. The average molecular weight is 783 g/mol. The van der Waals surface area contributed by atoms with Crippen LogP contribution in [0, 0.1) is 13.8 Å². The lowest BCUT2D eigenvalue weighted by Gasteiger charge is -2.33. The Hall–Kier alpha value is -4.39. The van der Waals surface area contributed by atoms with E-state index >= 15 is 0 Å². The number of fused-ring (bicyclic) bond motifs is 3.